The fourth-order valence-corrected chi connectivity index (χ4v) is 4.26. The van der Waals surface area contributed by atoms with Crippen LogP contribution < -0.4 is 0 Å². The summed E-state index contributed by atoms with van der Waals surface area (Å²) in [7, 11) is 0. The molecule has 0 amide bonds. The van der Waals surface area contributed by atoms with Crippen LogP contribution in [0, 0.1) is 5.82 Å². The van der Waals surface area contributed by atoms with Gasteiger partial charge in [0.15, 0.2) is 0 Å². The van der Waals surface area contributed by atoms with Gasteiger partial charge in [-0.3, -0.25) is 0 Å². The molecule has 0 aromatic heterocycles. The molecule has 1 aliphatic carbocycles. The van der Waals surface area contributed by atoms with Gasteiger partial charge in [0.05, 0.1) is 6.10 Å². The van der Waals surface area contributed by atoms with Gasteiger partial charge in [-0.25, -0.2) is 4.39 Å². The monoisotopic (exact) mass is 410 g/mol. The summed E-state index contributed by atoms with van der Waals surface area (Å²) in [6.45, 7) is 3.09. The van der Waals surface area contributed by atoms with Crippen LogP contribution in [0.15, 0.2) is 24.3 Å². The van der Waals surface area contributed by atoms with Crippen LogP contribution in [0.4, 0.5) is 13.2 Å². The third-order valence-electron chi connectivity index (χ3n) is 6.04. The zero-order valence-corrected chi connectivity index (χ0v) is 17.9. The fourth-order valence-electron chi connectivity index (χ4n) is 4.26. The standard InChI is InChI=1S/C25H37F3O/c1-2-3-4-5-6-7-8-9-10-17-29-23-15-13-20(14-16-23)21-11-12-22(19-25(27)28)24(26)18-21/h11-12,18-20,23H,2-10,13-17H2,1H3/t20-,23-. The highest BCUT2D eigenvalue weighted by Crippen LogP contribution is 2.35. The van der Waals surface area contributed by atoms with Gasteiger partial charge in [0.1, 0.15) is 5.82 Å². The number of hydrogen-bond acceptors (Lipinski definition) is 1. The molecule has 0 saturated heterocycles. The van der Waals surface area contributed by atoms with Crippen LogP contribution in [0.3, 0.4) is 0 Å². The van der Waals surface area contributed by atoms with Gasteiger partial charge in [-0.15, -0.1) is 0 Å². The van der Waals surface area contributed by atoms with E-state index in [4.69, 9.17) is 4.74 Å². The molecule has 2 rings (SSSR count). The predicted octanol–water partition coefficient (Wildman–Crippen LogP) is 8.64. The Kier molecular flexibility index (Phi) is 11.5. The average Bonchev–Trinajstić information content (AvgIpc) is 2.71. The van der Waals surface area contributed by atoms with Crippen molar-refractivity contribution in [3.05, 3.63) is 41.2 Å². The van der Waals surface area contributed by atoms with Gasteiger partial charge in [0.2, 0.25) is 0 Å². The summed E-state index contributed by atoms with van der Waals surface area (Å²) in [4.78, 5) is 0. The average molecular weight is 411 g/mol. The van der Waals surface area contributed by atoms with Gasteiger partial charge >= 0.3 is 0 Å². The maximum absolute atomic E-state index is 14.0. The van der Waals surface area contributed by atoms with Crippen LogP contribution in [0.25, 0.3) is 6.08 Å². The first-order valence-corrected chi connectivity index (χ1v) is 11.5. The zero-order valence-electron chi connectivity index (χ0n) is 17.9. The van der Waals surface area contributed by atoms with E-state index in [1.54, 1.807) is 6.07 Å². The Bertz CT molecular complexity index is 602. The van der Waals surface area contributed by atoms with Gasteiger partial charge in [-0.05, 0) is 49.7 Å². The molecule has 1 aromatic carbocycles. The topological polar surface area (TPSA) is 9.23 Å². The SMILES string of the molecule is CCCCCCCCCCCO[C@H]1CC[C@H](c2ccc(C=C(F)F)c(F)c2)CC1. The molecule has 1 fully saturated rings. The van der Waals surface area contributed by atoms with E-state index >= 15 is 0 Å². The Morgan fingerprint density at radius 2 is 1.55 bits per heavy atom. The van der Waals surface area contributed by atoms with Crippen LogP contribution in [-0.2, 0) is 4.74 Å². The number of rotatable bonds is 13. The van der Waals surface area contributed by atoms with E-state index in [1.807, 2.05) is 0 Å². The van der Waals surface area contributed by atoms with E-state index in [2.05, 4.69) is 6.92 Å². The largest absolute Gasteiger partial charge is 0.378 e. The van der Waals surface area contributed by atoms with Gasteiger partial charge < -0.3 is 4.74 Å². The Morgan fingerprint density at radius 3 is 2.14 bits per heavy atom. The van der Waals surface area contributed by atoms with Crippen LogP contribution in [0.1, 0.15) is 107 Å². The van der Waals surface area contributed by atoms with E-state index in [0.717, 1.165) is 44.3 Å². The summed E-state index contributed by atoms with van der Waals surface area (Å²) in [6, 6.07) is 4.66. The molecule has 0 radical (unpaired) electrons. The lowest BCUT2D eigenvalue weighted by molar-refractivity contribution is 0.0226. The number of halogens is 3. The molecule has 0 aliphatic heterocycles. The second-order valence-corrected chi connectivity index (χ2v) is 8.39. The van der Waals surface area contributed by atoms with Crippen LogP contribution in [-0.4, -0.2) is 12.7 Å². The summed E-state index contributed by atoms with van der Waals surface area (Å²) < 4.78 is 44.7. The highest BCUT2D eigenvalue weighted by molar-refractivity contribution is 5.51. The summed E-state index contributed by atoms with van der Waals surface area (Å²) in [5, 5.41) is 0. The molecule has 29 heavy (non-hydrogen) atoms. The number of ether oxygens (including phenoxy) is 1. The van der Waals surface area contributed by atoms with Crippen molar-refractivity contribution in [2.24, 2.45) is 0 Å². The predicted molar refractivity (Wildman–Crippen MR) is 115 cm³/mol. The lowest BCUT2D eigenvalue weighted by atomic mass is 9.82. The van der Waals surface area contributed by atoms with Crippen molar-refractivity contribution in [1.82, 2.24) is 0 Å². The van der Waals surface area contributed by atoms with Crippen molar-refractivity contribution in [1.29, 1.82) is 0 Å². The second kappa shape index (κ2) is 13.8. The minimum absolute atomic E-state index is 0.0493. The van der Waals surface area contributed by atoms with Crippen molar-refractivity contribution < 1.29 is 17.9 Å². The minimum atomic E-state index is -1.87. The van der Waals surface area contributed by atoms with Crippen molar-refractivity contribution >= 4 is 6.08 Å². The zero-order chi connectivity index (χ0) is 20.9. The van der Waals surface area contributed by atoms with E-state index in [0.29, 0.717) is 18.1 Å². The Labute approximate surface area is 174 Å². The van der Waals surface area contributed by atoms with Gasteiger partial charge in [0.25, 0.3) is 6.08 Å². The van der Waals surface area contributed by atoms with E-state index in [9.17, 15) is 13.2 Å². The molecule has 0 N–H and O–H groups in total. The molecule has 0 heterocycles. The van der Waals surface area contributed by atoms with Crippen molar-refractivity contribution in [2.75, 3.05) is 6.61 Å². The molecular formula is C25H37F3O. The molecule has 0 atom stereocenters. The smallest absolute Gasteiger partial charge is 0.271 e. The van der Waals surface area contributed by atoms with Crippen LogP contribution >= 0.6 is 0 Å². The molecule has 4 heteroatoms. The summed E-state index contributed by atoms with van der Waals surface area (Å²) in [6.07, 6.45) is 14.8. The molecule has 0 spiro atoms. The summed E-state index contributed by atoms with van der Waals surface area (Å²) >= 11 is 0. The normalized spacial score (nSPS) is 19.3. The molecule has 0 bridgehead atoms. The van der Waals surface area contributed by atoms with Crippen molar-refractivity contribution in [2.45, 2.75) is 102 Å². The van der Waals surface area contributed by atoms with Gasteiger partial charge in [-0.1, -0.05) is 70.4 Å². The van der Waals surface area contributed by atoms with Gasteiger partial charge in [0, 0.05) is 18.2 Å². The third-order valence-corrected chi connectivity index (χ3v) is 6.04. The first kappa shape index (κ1) is 24.0. The number of hydrogen-bond donors (Lipinski definition) is 0. The molecule has 164 valence electrons. The molecule has 0 unspecified atom stereocenters. The van der Waals surface area contributed by atoms with Gasteiger partial charge in [-0.2, -0.15) is 8.78 Å². The van der Waals surface area contributed by atoms with E-state index in [1.165, 1.54) is 63.5 Å². The molecule has 1 saturated carbocycles. The highest BCUT2D eigenvalue weighted by atomic mass is 19.3. The molecule has 1 nitrogen and oxygen atoms in total. The highest BCUT2D eigenvalue weighted by Gasteiger charge is 2.23. The fraction of sp³-hybridized carbons (Fsp3) is 0.680. The summed E-state index contributed by atoms with van der Waals surface area (Å²) in [5.41, 5.74) is 0.864. The first-order chi connectivity index (χ1) is 14.1. The summed E-state index contributed by atoms with van der Waals surface area (Å²) in [5.74, 6) is -0.274. The number of benzene rings is 1. The van der Waals surface area contributed by atoms with Crippen molar-refractivity contribution in [3.63, 3.8) is 0 Å². The molecule has 1 aromatic rings. The van der Waals surface area contributed by atoms with Crippen LogP contribution in [0.5, 0.6) is 0 Å². The maximum Gasteiger partial charge on any atom is 0.271 e. The Hall–Kier alpha value is -1.29. The quantitative estimate of drug-likeness (QED) is 0.296. The first-order valence-electron chi connectivity index (χ1n) is 11.5. The molecule has 1 aliphatic rings. The minimum Gasteiger partial charge on any atom is -0.378 e. The maximum atomic E-state index is 14.0. The lowest BCUT2D eigenvalue weighted by Gasteiger charge is -2.29. The Balaban J connectivity index is 1.57. The van der Waals surface area contributed by atoms with Crippen molar-refractivity contribution in [3.8, 4) is 0 Å². The third kappa shape index (κ3) is 9.37. The lowest BCUT2D eigenvalue weighted by Crippen LogP contribution is -2.21. The van der Waals surface area contributed by atoms with E-state index < -0.39 is 11.9 Å². The second-order valence-electron chi connectivity index (χ2n) is 8.39. The van der Waals surface area contributed by atoms with Crippen LogP contribution in [0.2, 0.25) is 0 Å². The number of unbranched alkanes of at least 4 members (excludes halogenated alkanes) is 8. The van der Waals surface area contributed by atoms with E-state index in [-0.39, 0.29) is 5.56 Å². The molecular weight excluding hydrogens is 373 g/mol. The Morgan fingerprint density at radius 1 is 0.931 bits per heavy atom.